The maximum atomic E-state index is 6.19. The van der Waals surface area contributed by atoms with Crippen molar-refractivity contribution in [2.75, 3.05) is 0 Å². The molecular formula is C15H13Cl3N4O. The Morgan fingerprint density at radius 3 is 2.52 bits per heavy atom. The van der Waals surface area contributed by atoms with Crippen molar-refractivity contribution >= 4 is 34.8 Å². The van der Waals surface area contributed by atoms with Gasteiger partial charge in [0.05, 0.1) is 21.4 Å². The van der Waals surface area contributed by atoms with Crippen molar-refractivity contribution in [2.24, 2.45) is 0 Å². The third kappa shape index (κ3) is 2.96. The maximum absolute atomic E-state index is 6.19. The highest BCUT2D eigenvalue weighted by molar-refractivity contribution is 6.36. The summed E-state index contributed by atoms with van der Waals surface area (Å²) in [4.78, 5) is 4.42. The van der Waals surface area contributed by atoms with E-state index in [0.717, 1.165) is 11.4 Å². The van der Waals surface area contributed by atoms with Crippen LogP contribution in [0.25, 0.3) is 11.4 Å². The molecule has 120 valence electrons. The first-order valence-corrected chi connectivity index (χ1v) is 8.02. The lowest BCUT2D eigenvalue weighted by atomic mass is 10.2. The van der Waals surface area contributed by atoms with Crippen molar-refractivity contribution in [1.29, 1.82) is 0 Å². The van der Waals surface area contributed by atoms with Gasteiger partial charge in [0.15, 0.2) is 0 Å². The lowest BCUT2D eigenvalue weighted by Gasteiger charge is -2.09. The van der Waals surface area contributed by atoms with E-state index in [9.17, 15) is 0 Å². The molecule has 8 heteroatoms. The van der Waals surface area contributed by atoms with Crippen molar-refractivity contribution in [1.82, 2.24) is 19.9 Å². The van der Waals surface area contributed by atoms with Gasteiger partial charge in [0.25, 0.3) is 5.89 Å². The van der Waals surface area contributed by atoms with Crippen LogP contribution in [0.1, 0.15) is 30.2 Å². The van der Waals surface area contributed by atoms with Gasteiger partial charge >= 0.3 is 0 Å². The van der Waals surface area contributed by atoms with Crippen LogP contribution in [0.2, 0.25) is 15.1 Å². The van der Waals surface area contributed by atoms with Gasteiger partial charge in [0, 0.05) is 10.6 Å². The first kappa shape index (κ1) is 16.3. The minimum Gasteiger partial charge on any atom is -0.337 e. The Hall–Kier alpha value is -1.56. The fraction of sp³-hybridized carbons (Fsp3) is 0.267. The first-order valence-electron chi connectivity index (χ1n) is 6.88. The molecule has 23 heavy (non-hydrogen) atoms. The van der Waals surface area contributed by atoms with Crippen molar-refractivity contribution in [3.8, 4) is 11.4 Å². The van der Waals surface area contributed by atoms with Gasteiger partial charge in [-0.2, -0.15) is 10.1 Å². The molecule has 0 N–H and O–H groups in total. The molecule has 3 rings (SSSR count). The molecule has 0 saturated heterocycles. The normalized spacial score (nSPS) is 12.6. The summed E-state index contributed by atoms with van der Waals surface area (Å²) in [6, 6.07) is 4.87. The van der Waals surface area contributed by atoms with Crippen LogP contribution in [0.4, 0.5) is 0 Å². The zero-order chi connectivity index (χ0) is 16.7. The van der Waals surface area contributed by atoms with E-state index in [-0.39, 0.29) is 6.04 Å². The summed E-state index contributed by atoms with van der Waals surface area (Å²) in [5.74, 6) is 0.828. The van der Waals surface area contributed by atoms with Crippen LogP contribution in [0, 0.1) is 13.8 Å². The monoisotopic (exact) mass is 370 g/mol. The summed E-state index contributed by atoms with van der Waals surface area (Å²) < 4.78 is 7.13. The number of aryl methyl sites for hydroxylation is 1. The minimum atomic E-state index is -0.242. The lowest BCUT2D eigenvalue weighted by molar-refractivity contribution is 0.334. The van der Waals surface area contributed by atoms with Crippen LogP contribution in [0.3, 0.4) is 0 Å². The summed E-state index contributed by atoms with van der Waals surface area (Å²) >= 11 is 18.3. The lowest BCUT2D eigenvalue weighted by Crippen LogP contribution is -2.10. The largest absolute Gasteiger partial charge is 0.337 e. The Morgan fingerprint density at radius 1 is 1.17 bits per heavy atom. The predicted molar refractivity (Wildman–Crippen MR) is 90.3 cm³/mol. The molecule has 0 aliphatic rings. The number of aromatic nitrogens is 4. The van der Waals surface area contributed by atoms with Crippen LogP contribution in [-0.2, 0) is 0 Å². The summed E-state index contributed by atoms with van der Waals surface area (Å²) in [5, 5.41) is 10.1. The number of rotatable bonds is 3. The average Bonchev–Trinajstić information content (AvgIpc) is 3.08. The fourth-order valence-corrected chi connectivity index (χ4v) is 2.93. The van der Waals surface area contributed by atoms with Gasteiger partial charge in [-0.25, -0.2) is 0 Å². The highest BCUT2D eigenvalue weighted by Crippen LogP contribution is 2.30. The number of halogens is 3. The SMILES string of the molecule is Cc1nn(C(C)c2nc(-c3ccc(Cl)cc3Cl)no2)c(C)c1Cl. The van der Waals surface area contributed by atoms with Crippen molar-refractivity contribution in [3.63, 3.8) is 0 Å². The van der Waals surface area contributed by atoms with Crippen molar-refractivity contribution in [2.45, 2.75) is 26.8 Å². The van der Waals surface area contributed by atoms with Crippen LogP contribution in [0.5, 0.6) is 0 Å². The number of benzene rings is 1. The van der Waals surface area contributed by atoms with Crippen molar-refractivity contribution in [3.05, 3.63) is 50.5 Å². The number of hydrogen-bond donors (Lipinski definition) is 0. The van der Waals surface area contributed by atoms with E-state index >= 15 is 0 Å². The Morgan fingerprint density at radius 2 is 1.91 bits per heavy atom. The van der Waals surface area contributed by atoms with Gasteiger partial charge in [0.2, 0.25) is 5.82 Å². The molecular weight excluding hydrogens is 359 g/mol. The molecule has 0 saturated carbocycles. The topological polar surface area (TPSA) is 56.7 Å². The molecule has 1 aromatic carbocycles. The Balaban J connectivity index is 1.96. The molecule has 3 aromatic rings. The highest BCUT2D eigenvalue weighted by atomic mass is 35.5. The van der Waals surface area contributed by atoms with Gasteiger partial charge in [0.1, 0.15) is 6.04 Å². The molecule has 0 fully saturated rings. The molecule has 0 radical (unpaired) electrons. The van der Waals surface area contributed by atoms with E-state index in [0.29, 0.717) is 32.3 Å². The zero-order valence-electron chi connectivity index (χ0n) is 12.6. The molecule has 2 aromatic heterocycles. The van der Waals surface area contributed by atoms with Gasteiger partial charge in [-0.15, -0.1) is 0 Å². The number of hydrogen-bond acceptors (Lipinski definition) is 4. The summed E-state index contributed by atoms with van der Waals surface area (Å²) in [7, 11) is 0. The molecule has 0 amide bonds. The second kappa shape index (κ2) is 6.15. The van der Waals surface area contributed by atoms with Crippen molar-refractivity contribution < 1.29 is 4.52 Å². The van der Waals surface area contributed by atoms with Gasteiger partial charge in [-0.05, 0) is 39.0 Å². The van der Waals surface area contributed by atoms with E-state index in [2.05, 4.69) is 15.2 Å². The molecule has 0 spiro atoms. The summed E-state index contributed by atoms with van der Waals surface area (Å²) in [6.45, 7) is 5.66. The van der Waals surface area contributed by atoms with E-state index < -0.39 is 0 Å². The predicted octanol–water partition coefficient (Wildman–Crippen LogP) is 5.12. The standard InChI is InChI=1S/C15H13Cl3N4O/c1-7-13(18)8(2)22(20-7)9(3)15-19-14(21-23-15)11-5-4-10(16)6-12(11)17/h4-6,9H,1-3H3. The Bertz CT molecular complexity index is 872. The molecule has 1 atom stereocenters. The fourth-order valence-electron chi connectivity index (χ4n) is 2.31. The van der Waals surface area contributed by atoms with E-state index in [1.165, 1.54) is 0 Å². The van der Waals surface area contributed by atoms with E-state index in [1.807, 2.05) is 20.8 Å². The van der Waals surface area contributed by atoms with Crippen LogP contribution in [0.15, 0.2) is 22.7 Å². The minimum absolute atomic E-state index is 0.242. The van der Waals surface area contributed by atoms with Gasteiger partial charge in [-0.3, -0.25) is 4.68 Å². The third-order valence-electron chi connectivity index (χ3n) is 3.57. The molecule has 2 heterocycles. The van der Waals surface area contributed by atoms with E-state index in [1.54, 1.807) is 22.9 Å². The molecule has 5 nitrogen and oxygen atoms in total. The smallest absolute Gasteiger partial charge is 0.251 e. The molecule has 0 aliphatic heterocycles. The van der Waals surface area contributed by atoms with Crippen LogP contribution < -0.4 is 0 Å². The number of nitrogens with zero attached hydrogens (tertiary/aromatic N) is 4. The second-order valence-corrected chi connectivity index (χ2v) is 6.41. The Kier molecular flexibility index (Phi) is 4.36. The van der Waals surface area contributed by atoms with Crippen LogP contribution in [-0.4, -0.2) is 19.9 Å². The molecule has 0 aliphatic carbocycles. The molecule has 1 unspecified atom stereocenters. The first-order chi connectivity index (χ1) is 10.9. The third-order valence-corrected chi connectivity index (χ3v) is 4.67. The zero-order valence-corrected chi connectivity index (χ0v) is 14.9. The van der Waals surface area contributed by atoms with E-state index in [4.69, 9.17) is 39.3 Å². The average molecular weight is 372 g/mol. The van der Waals surface area contributed by atoms with Crippen LogP contribution >= 0.6 is 34.8 Å². The van der Waals surface area contributed by atoms with Gasteiger partial charge < -0.3 is 4.52 Å². The highest BCUT2D eigenvalue weighted by Gasteiger charge is 2.22. The molecule has 0 bridgehead atoms. The summed E-state index contributed by atoms with van der Waals surface area (Å²) in [6.07, 6.45) is 0. The maximum Gasteiger partial charge on any atom is 0.251 e. The quantitative estimate of drug-likeness (QED) is 0.641. The second-order valence-electron chi connectivity index (χ2n) is 5.19. The summed E-state index contributed by atoms with van der Waals surface area (Å²) in [5.41, 5.74) is 2.27. The Labute approximate surface area is 148 Å². The van der Waals surface area contributed by atoms with Gasteiger partial charge in [-0.1, -0.05) is 40.0 Å².